The first-order valence-corrected chi connectivity index (χ1v) is 5.66. The minimum atomic E-state index is 0.454. The third-order valence-corrected chi connectivity index (χ3v) is 3.39. The minimum Gasteiger partial charge on any atom is -0.361 e. The first kappa shape index (κ1) is 9.47. The van der Waals surface area contributed by atoms with Gasteiger partial charge in [0.2, 0.25) is 0 Å². The molecule has 0 saturated carbocycles. The van der Waals surface area contributed by atoms with Gasteiger partial charge in [0.15, 0.2) is 0 Å². The fourth-order valence-electron chi connectivity index (χ4n) is 2.54. The Bertz CT molecular complexity index is 169. The maximum atomic E-state index is 5.84. The van der Waals surface area contributed by atoms with Crippen molar-refractivity contribution in [3.8, 4) is 0 Å². The molecule has 13 heavy (non-hydrogen) atoms. The Morgan fingerprint density at radius 1 is 1.23 bits per heavy atom. The summed E-state index contributed by atoms with van der Waals surface area (Å²) in [6.45, 7) is 6.83. The lowest BCUT2D eigenvalue weighted by atomic mass is 10.0. The van der Waals surface area contributed by atoms with Gasteiger partial charge in [-0.25, -0.2) is 0 Å². The first-order chi connectivity index (χ1) is 6.29. The van der Waals surface area contributed by atoms with E-state index in [1.165, 1.54) is 32.2 Å². The lowest BCUT2D eigenvalue weighted by molar-refractivity contribution is 0.0286. The largest absolute Gasteiger partial charge is 0.361 e. The number of hydrogen-bond donors (Lipinski definition) is 0. The molecule has 2 saturated heterocycles. The second kappa shape index (κ2) is 3.97. The van der Waals surface area contributed by atoms with Crippen LogP contribution in [0.5, 0.6) is 0 Å². The summed E-state index contributed by atoms with van der Waals surface area (Å²) in [5.41, 5.74) is 0. The first-order valence-electron chi connectivity index (χ1n) is 5.66. The zero-order chi connectivity index (χ0) is 9.26. The van der Waals surface area contributed by atoms with E-state index in [-0.39, 0.29) is 0 Å². The van der Waals surface area contributed by atoms with Gasteiger partial charge in [0.25, 0.3) is 0 Å². The number of ether oxygens (including phenoxy) is 1. The van der Waals surface area contributed by atoms with E-state index in [9.17, 15) is 0 Å². The molecule has 0 radical (unpaired) electrons. The van der Waals surface area contributed by atoms with Crippen LogP contribution in [0.2, 0.25) is 0 Å². The molecule has 0 spiro atoms. The van der Waals surface area contributed by atoms with Crippen molar-refractivity contribution in [3.63, 3.8) is 0 Å². The Labute approximate surface area is 81.3 Å². The normalized spacial score (nSPS) is 36.2. The molecule has 0 aromatic heterocycles. The summed E-state index contributed by atoms with van der Waals surface area (Å²) in [5, 5.41) is 0. The Balaban J connectivity index is 2.02. The topological polar surface area (TPSA) is 12.5 Å². The Hall–Kier alpha value is -0.0800. The highest BCUT2D eigenvalue weighted by molar-refractivity contribution is 4.84. The lowest BCUT2D eigenvalue weighted by Crippen LogP contribution is -2.39. The van der Waals surface area contributed by atoms with Crippen molar-refractivity contribution in [2.24, 2.45) is 5.92 Å². The second-order valence-electron chi connectivity index (χ2n) is 4.69. The van der Waals surface area contributed by atoms with E-state index in [4.69, 9.17) is 4.74 Å². The highest BCUT2D eigenvalue weighted by atomic mass is 16.5. The molecule has 2 fully saturated rings. The fourth-order valence-corrected chi connectivity index (χ4v) is 2.54. The van der Waals surface area contributed by atoms with E-state index in [0.717, 1.165) is 12.5 Å². The third kappa shape index (κ3) is 1.89. The van der Waals surface area contributed by atoms with Crippen molar-refractivity contribution in [2.75, 3.05) is 13.2 Å². The molecule has 0 aromatic rings. The summed E-state index contributed by atoms with van der Waals surface area (Å²) in [5.74, 6) is 0.739. The van der Waals surface area contributed by atoms with E-state index < -0.39 is 0 Å². The molecule has 0 aliphatic carbocycles. The molecule has 2 heterocycles. The fraction of sp³-hybridized carbons (Fsp3) is 1.00. The van der Waals surface area contributed by atoms with Crippen LogP contribution < -0.4 is 0 Å². The van der Waals surface area contributed by atoms with Crippen LogP contribution in [-0.4, -0.2) is 30.3 Å². The Kier molecular flexibility index (Phi) is 2.89. The summed E-state index contributed by atoms with van der Waals surface area (Å²) in [6.07, 6.45) is 5.81. The standard InChI is InChI=1S/C11H21NO/c1-9(2)10-8-13-11-6-4-3-5-7-12(10)11/h9-11H,3-8H2,1-2H3. The van der Waals surface area contributed by atoms with Gasteiger partial charge in [0.05, 0.1) is 6.61 Å². The van der Waals surface area contributed by atoms with Crippen LogP contribution in [-0.2, 0) is 4.74 Å². The van der Waals surface area contributed by atoms with Crippen LogP contribution in [0.4, 0.5) is 0 Å². The maximum absolute atomic E-state index is 5.84. The molecule has 2 rings (SSSR count). The molecular formula is C11H21NO. The molecule has 2 heteroatoms. The van der Waals surface area contributed by atoms with Crippen molar-refractivity contribution in [1.29, 1.82) is 0 Å². The Morgan fingerprint density at radius 3 is 2.85 bits per heavy atom. The van der Waals surface area contributed by atoms with Gasteiger partial charge in [-0.1, -0.05) is 20.3 Å². The lowest BCUT2D eigenvalue weighted by Gasteiger charge is -2.28. The van der Waals surface area contributed by atoms with Crippen molar-refractivity contribution in [1.82, 2.24) is 4.90 Å². The minimum absolute atomic E-state index is 0.454. The van der Waals surface area contributed by atoms with Crippen LogP contribution in [0.3, 0.4) is 0 Å². The van der Waals surface area contributed by atoms with Gasteiger partial charge >= 0.3 is 0 Å². The SMILES string of the molecule is CC(C)C1COC2CCCCCN21. The molecule has 0 amide bonds. The molecule has 0 bridgehead atoms. The van der Waals surface area contributed by atoms with Gasteiger partial charge in [-0.3, -0.25) is 4.90 Å². The highest BCUT2D eigenvalue weighted by Gasteiger charge is 2.35. The van der Waals surface area contributed by atoms with Gasteiger partial charge in [0, 0.05) is 12.6 Å². The van der Waals surface area contributed by atoms with E-state index >= 15 is 0 Å². The Morgan fingerprint density at radius 2 is 2.08 bits per heavy atom. The molecule has 2 unspecified atom stereocenters. The van der Waals surface area contributed by atoms with Gasteiger partial charge in [-0.2, -0.15) is 0 Å². The maximum Gasteiger partial charge on any atom is 0.111 e. The van der Waals surface area contributed by atoms with Gasteiger partial charge in [-0.05, 0) is 25.2 Å². The van der Waals surface area contributed by atoms with E-state index in [0.29, 0.717) is 12.3 Å². The van der Waals surface area contributed by atoms with Gasteiger partial charge in [0.1, 0.15) is 6.23 Å². The van der Waals surface area contributed by atoms with E-state index in [2.05, 4.69) is 18.7 Å². The summed E-state index contributed by atoms with van der Waals surface area (Å²) in [7, 11) is 0. The van der Waals surface area contributed by atoms with Crippen LogP contribution in [0.15, 0.2) is 0 Å². The predicted octanol–water partition coefficient (Wildman–Crippen LogP) is 2.24. The average Bonchev–Trinajstić information content (AvgIpc) is 2.36. The van der Waals surface area contributed by atoms with Crippen molar-refractivity contribution in [2.45, 2.75) is 51.8 Å². The number of rotatable bonds is 1. The smallest absolute Gasteiger partial charge is 0.111 e. The van der Waals surface area contributed by atoms with Crippen molar-refractivity contribution < 1.29 is 4.74 Å². The monoisotopic (exact) mass is 183 g/mol. The van der Waals surface area contributed by atoms with Crippen LogP contribution in [0, 0.1) is 5.92 Å². The van der Waals surface area contributed by atoms with E-state index in [1.807, 2.05) is 0 Å². The molecule has 76 valence electrons. The number of hydrogen-bond acceptors (Lipinski definition) is 2. The summed E-state index contributed by atoms with van der Waals surface area (Å²) < 4.78 is 5.84. The van der Waals surface area contributed by atoms with Crippen molar-refractivity contribution >= 4 is 0 Å². The van der Waals surface area contributed by atoms with Crippen molar-refractivity contribution in [3.05, 3.63) is 0 Å². The molecule has 2 aliphatic rings. The highest BCUT2D eigenvalue weighted by Crippen LogP contribution is 2.28. The number of fused-ring (bicyclic) bond motifs is 1. The number of nitrogens with zero attached hydrogens (tertiary/aromatic N) is 1. The molecule has 2 aliphatic heterocycles. The van der Waals surface area contributed by atoms with Crippen LogP contribution >= 0.6 is 0 Å². The zero-order valence-corrected chi connectivity index (χ0v) is 8.83. The summed E-state index contributed by atoms with van der Waals surface area (Å²) in [6, 6.07) is 0.683. The molecule has 0 N–H and O–H groups in total. The summed E-state index contributed by atoms with van der Waals surface area (Å²) in [4.78, 5) is 2.59. The van der Waals surface area contributed by atoms with E-state index in [1.54, 1.807) is 0 Å². The zero-order valence-electron chi connectivity index (χ0n) is 8.83. The molecule has 2 nitrogen and oxygen atoms in total. The molecule has 0 aromatic carbocycles. The average molecular weight is 183 g/mol. The third-order valence-electron chi connectivity index (χ3n) is 3.39. The second-order valence-corrected chi connectivity index (χ2v) is 4.69. The summed E-state index contributed by atoms with van der Waals surface area (Å²) >= 11 is 0. The van der Waals surface area contributed by atoms with Gasteiger partial charge in [-0.15, -0.1) is 0 Å². The van der Waals surface area contributed by atoms with Crippen LogP contribution in [0.25, 0.3) is 0 Å². The quantitative estimate of drug-likeness (QED) is 0.618. The predicted molar refractivity (Wildman–Crippen MR) is 53.5 cm³/mol. The van der Waals surface area contributed by atoms with Gasteiger partial charge < -0.3 is 4.74 Å². The van der Waals surface area contributed by atoms with Crippen LogP contribution in [0.1, 0.15) is 39.5 Å². The molecular weight excluding hydrogens is 162 g/mol. The molecule has 2 atom stereocenters.